The summed E-state index contributed by atoms with van der Waals surface area (Å²) in [6, 6.07) is 22.1. The number of hydrogen-bond donors (Lipinski definition) is 1. The largest absolute Gasteiger partial charge is 0.466 e. The maximum Gasteiger partial charge on any atom is 0.311 e. The Morgan fingerprint density at radius 3 is 1.98 bits per heavy atom. The molecule has 0 radical (unpaired) electrons. The number of ether oxygens (including phenoxy) is 1. The first kappa shape index (κ1) is 40.6. The lowest BCUT2D eigenvalue weighted by Gasteiger charge is -2.60. The molecular formula is C46H70O5Si2. The number of fused-ring (bicyclic) bond motifs is 5. The van der Waals surface area contributed by atoms with Gasteiger partial charge in [0.1, 0.15) is 5.60 Å². The fraction of sp³-hybridized carbons (Fsp3) is 0.674. The van der Waals surface area contributed by atoms with Crippen LogP contribution in [0.15, 0.2) is 72.3 Å². The van der Waals surface area contributed by atoms with Crippen LogP contribution in [0, 0.1) is 34.5 Å². The number of benzene rings is 2. The van der Waals surface area contributed by atoms with Gasteiger partial charge in [-0.05, 0) is 116 Å². The highest BCUT2D eigenvalue weighted by molar-refractivity contribution is 6.99. The quantitative estimate of drug-likeness (QED) is 0.157. The minimum Gasteiger partial charge on any atom is -0.466 e. The van der Waals surface area contributed by atoms with E-state index >= 15 is 0 Å². The Hall–Kier alpha value is -2.04. The van der Waals surface area contributed by atoms with Crippen molar-refractivity contribution in [3.05, 3.63) is 72.3 Å². The Morgan fingerprint density at radius 2 is 1.45 bits per heavy atom. The summed E-state index contributed by atoms with van der Waals surface area (Å²) in [4.78, 5) is 13.5. The van der Waals surface area contributed by atoms with Crippen LogP contribution in [0.1, 0.15) is 114 Å². The molecule has 292 valence electrons. The van der Waals surface area contributed by atoms with Crippen LogP contribution >= 0.6 is 0 Å². The minimum absolute atomic E-state index is 0.0105. The van der Waals surface area contributed by atoms with E-state index in [9.17, 15) is 9.90 Å². The number of hydrogen-bond acceptors (Lipinski definition) is 5. The van der Waals surface area contributed by atoms with Crippen LogP contribution in [-0.4, -0.2) is 52.1 Å². The maximum atomic E-state index is 13.5. The Balaban J connectivity index is 1.33. The van der Waals surface area contributed by atoms with Gasteiger partial charge >= 0.3 is 5.97 Å². The predicted octanol–water partition coefficient (Wildman–Crippen LogP) is 9.83. The van der Waals surface area contributed by atoms with Gasteiger partial charge in [0.15, 0.2) is 8.32 Å². The molecule has 5 nitrogen and oxygen atoms in total. The van der Waals surface area contributed by atoms with Crippen molar-refractivity contribution in [1.82, 2.24) is 0 Å². The van der Waals surface area contributed by atoms with Crippen molar-refractivity contribution in [2.24, 2.45) is 34.5 Å². The van der Waals surface area contributed by atoms with Gasteiger partial charge in [-0.2, -0.15) is 0 Å². The predicted molar refractivity (Wildman–Crippen MR) is 222 cm³/mol. The number of esters is 1. The van der Waals surface area contributed by atoms with Crippen molar-refractivity contribution >= 4 is 33.0 Å². The topological polar surface area (TPSA) is 65.0 Å². The molecule has 4 aliphatic rings. The molecule has 3 saturated carbocycles. The Bertz CT molecular complexity index is 1600. The zero-order valence-corrected chi connectivity index (χ0v) is 37.1. The fourth-order valence-electron chi connectivity index (χ4n) is 11.6. The number of carbonyl (C=O) groups excluding carboxylic acids is 1. The molecule has 0 bridgehead atoms. The third-order valence-electron chi connectivity index (χ3n) is 15.6. The van der Waals surface area contributed by atoms with Crippen LogP contribution in [0.3, 0.4) is 0 Å². The Morgan fingerprint density at radius 1 is 0.868 bits per heavy atom. The fourth-order valence-corrected chi connectivity index (χ4v) is 17.6. The third kappa shape index (κ3) is 6.50. The normalized spacial score (nSPS) is 34.0. The summed E-state index contributed by atoms with van der Waals surface area (Å²) in [5.41, 5.74) is -0.0626. The molecule has 2 aromatic carbocycles. The molecule has 53 heavy (non-hydrogen) atoms. The zero-order chi connectivity index (χ0) is 38.8. The summed E-state index contributed by atoms with van der Waals surface area (Å²) < 4.78 is 20.5. The summed E-state index contributed by atoms with van der Waals surface area (Å²) in [5.74, 6) is 0.260. The van der Waals surface area contributed by atoms with Crippen molar-refractivity contribution in [2.75, 3.05) is 6.61 Å². The first-order valence-corrected chi connectivity index (χ1v) is 25.5. The van der Waals surface area contributed by atoms with E-state index in [1.165, 1.54) is 10.4 Å². The van der Waals surface area contributed by atoms with E-state index in [2.05, 4.69) is 135 Å². The molecule has 9 atom stereocenters. The standard InChI is InChI=1S/C46H70O5Si2/c1-13-49-41(47)32(2)46(48)40(51-52(11,12)42(3,4)5)31-39-37-25-24-33-30-34(26-28-44(33,9)38(37)27-29-45(39,46)10)50-53(43(6,7)8,35-20-16-14-17-21-35)36-22-18-15-19-23-36/h14-24,32,34,37-40,48H,13,25-31H2,1-12H3/t32-,34+,37-,38+,39+,40-,44+,45+,46-/m1/s1. The number of rotatable bonds is 9. The number of aliphatic hydroxyl groups is 1. The van der Waals surface area contributed by atoms with Gasteiger partial charge in [-0.15, -0.1) is 0 Å². The van der Waals surface area contributed by atoms with Gasteiger partial charge in [-0.25, -0.2) is 0 Å². The minimum atomic E-state index is -2.67. The molecule has 3 fully saturated rings. The molecule has 0 spiro atoms. The highest BCUT2D eigenvalue weighted by Crippen LogP contribution is 2.69. The number of allylic oxidation sites excluding steroid dienone is 1. The summed E-state index contributed by atoms with van der Waals surface area (Å²) in [7, 11) is -4.93. The molecule has 2 aromatic rings. The van der Waals surface area contributed by atoms with Crippen LogP contribution in [0.5, 0.6) is 0 Å². The van der Waals surface area contributed by atoms with E-state index in [1.807, 2.05) is 13.8 Å². The van der Waals surface area contributed by atoms with Crippen LogP contribution < -0.4 is 10.4 Å². The monoisotopic (exact) mass is 758 g/mol. The first-order chi connectivity index (χ1) is 24.7. The van der Waals surface area contributed by atoms with E-state index in [-0.39, 0.29) is 33.5 Å². The van der Waals surface area contributed by atoms with E-state index in [0.29, 0.717) is 18.4 Å². The molecule has 0 heterocycles. The molecule has 0 aromatic heterocycles. The van der Waals surface area contributed by atoms with Crippen LogP contribution in [0.4, 0.5) is 0 Å². The second-order valence-corrected chi connectivity index (χ2v) is 29.3. The van der Waals surface area contributed by atoms with Crippen molar-refractivity contribution < 1.29 is 23.5 Å². The van der Waals surface area contributed by atoms with Crippen LogP contribution in [0.25, 0.3) is 0 Å². The van der Waals surface area contributed by atoms with Crippen LogP contribution in [-0.2, 0) is 18.4 Å². The molecule has 1 N–H and O–H groups in total. The van der Waals surface area contributed by atoms with Crippen molar-refractivity contribution in [3.8, 4) is 0 Å². The lowest BCUT2D eigenvalue weighted by atomic mass is 9.46. The molecule has 7 heteroatoms. The SMILES string of the molecule is CCOC(=O)[C@@H](C)[C@@]1(O)[C@H](O[Si](C)(C)C(C)(C)C)C[C@H]2[C@@H]3CC=C4C[C@@H](O[Si](c5ccccc5)(c5ccccc5)C(C)(C)C)CC[C@]4(C)[C@H]3CC[C@@]21C. The average molecular weight is 759 g/mol. The summed E-state index contributed by atoms with van der Waals surface area (Å²) in [6.07, 6.45) is 9.24. The highest BCUT2D eigenvalue weighted by atomic mass is 28.4. The molecule has 4 aliphatic carbocycles. The molecule has 0 unspecified atom stereocenters. The van der Waals surface area contributed by atoms with E-state index in [4.69, 9.17) is 13.6 Å². The highest BCUT2D eigenvalue weighted by Gasteiger charge is 2.71. The van der Waals surface area contributed by atoms with Gasteiger partial charge in [0.25, 0.3) is 8.32 Å². The third-order valence-corrected chi connectivity index (χ3v) is 25.2. The van der Waals surface area contributed by atoms with Gasteiger partial charge in [-0.3, -0.25) is 4.79 Å². The van der Waals surface area contributed by atoms with Gasteiger partial charge in [0.05, 0.1) is 18.6 Å². The Kier molecular flexibility index (Phi) is 10.9. The van der Waals surface area contributed by atoms with Gasteiger partial charge < -0.3 is 18.7 Å². The van der Waals surface area contributed by atoms with E-state index in [0.717, 1.165) is 44.9 Å². The first-order valence-electron chi connectivity index (χ1n) is 20.7. The maximum absolute atomic E-state index is 13.5. The molecular weight excluding hydrogens is 689 g/mol. The van der Waals surface area contributed by atoms with E-state index in [1.54, 1.807) is 5.57 Å². The van der Waals surface area contributed by atoms with Gasteiger partial charge in [0.2, 0.25) is 0 Å². The molecule has 0 aliphatic heterocycles. The van der Waals surface area contributed by atoms with E-state index < -0.39 is 39.7 Å². The smallest absolute Gasteiger partial charge is 0.311 e. The second-order valence-electron chi connectivity index (χ2n) is 20.3. The van der Waals surface area contributed by atoms with Crippen molar-refractivity contribution in [1.29, 1.82) is 0 Å². The molecule has 6 rings (SSSR count). The summed E-state index contributed by atoms with van der Waals surface area (Å²) in [5, 5.41) is 15.8. The molecule has 0 amide bonds. The average Bonchev–Trinajstić information content (AvgIpc) is 3.32. The summed E-state index contributed by atoms with van der Waals surface area (Å²) >= 11 is 0. The van der Waals surface area contributed by atoms with Gasteiger partial charge in [0, 0.05) is 11.5 Å². The second kappa shape index (κ2) is 14.2. The number of carbonyl (C=O) groups is 1. The van der Waals surface area contributed by atoms with Crippen molar-refractivity contribution in [3.63, 3.8) is 0 Å². The van der Waals surface area contributed by atoms with Gasteiger partial charge in [-0.1, -0.05) is 128 Å². The lowest BCUT2D eigenvalue weighted by Crippen LogP contribution is -2.68. The Labute approximate surface area is 323 Å². The lowest BCUT2D eigenvalue weighted by molar-refractivity contribution is -0.194. The molecule has 0 saturated heterocycles. The summed E-state index contributed by atoms with van der Waals surface area (Å²) in [6.45, 7) is 27.4. The van der Waals surface area contributed by atoms with Crippen molar-refractivity contribution in [2.45, 2.75) is 155 Å². The van der Waals surface area contributed by atoms with Crippen LogP contribution in [0.2, 0.25) is 23.2 Å². The zero-order valence-electron chi connectivity index (χ0n) is 35.1.